The molecule has 0 unspecified atom stereocenters. The van der Waals surface area contributed by atoms with Crippen LogP contribution in [0.25, 0.3) is 0 Å². The van der Waals surface area contributed by atoms with Gasteiger partial charge in [0.15, 0.2) is 11.4 Å². The smallest absolute Gasteiger partial charge is 0.242 e. The molecule has 0 spiro atoms. The fraction of sp³-hybridized carbons (Fsp3) is 0.250. The van der Waals surface area contributed by atoms with Gasteiger partial charge in [0.05, 0.1) is 17.7 Å². The lowest BCUT2D eigenvalue weighted by Gasteiger charge is -2.11. The van der Waals surface area contributed by atoms with Crippen LogP contribution >= 0.6 is 12.2 Å². The quantitative estimate of drug-likeness (QED) is 0.246. The average molecular weight is 281 g/mol. The van der Waals surface area contributed by atoms with Crippen LogP contribution in [0.2, 0.25) is 0 Å². The fourth-order valence-electron chi connectivity index (χ4n) is 1.30. The monoisotopic (exact) mass is 281 g/mol. The lowest BCUT2D eigenvalue weighted by Crippen LogP contribution is -2.26. The van der Waals surface area contributed by atoms with E-state index in [9.17, 15) is 9.90 Å². The van der Waals surface area contributed by atoms with E-state index in [1.54, 1.807) is 12.1 Å². The van der Waals surface area contributed by atoms with Gasteiger partial charge in [-0.3, -0.25) is 10.2 Å². The molecule has 1 aromatic carbocycles. The van der Waals surface area contributed by atoms with Gasteiger partial charge in [-0.25, -0.2) is 0 Å². The zero-order chi connectivity index (χ0) is 14.3. The van der Waals surface area contributed by atoms with Crippen LogP contribution in [-0.2, 0) is 4.74 Å². The van der Waals surface area contributed by atoms with Crippen molar-refractivity contribution in [2.75, 3.05) is 6.61 Å². The number of aromatic hydroxyl groups is 1. The van der Waals surface area contributed by atoms with Gasteiger partial charge in [0.2, 0.25) is 5.90 Å². The number of aldehydes is 1. The van der Waals surface area contributed by atoms with Crippen molar-refractivity contribution in [2.24, 2.45) is 10.8 Å². The van der Waals surface area contributed by atoms with Crippen LogP contribution in [-0.4, -0.2) is 29.0 Å². The molecule has 0 saturated heterocycles. The maximum absolute atomic E-state index is 10.8. The Hall–Kier alpha value is -2.15. The first-order valence-corrected chi connectivity index (χ1v) is 6.04. The number of hydrogen-bond acceptors (Lipinski definition) is 5. The summed E-state index contributed by atoms with van der Waals surface area (Å²) in [5.41, 5.74) is 8.12. The van der Waals surface area contributed by atoms with Crippen molar-refractivity contribution in [3.05, 3.63) is 29.3 Å². The zero-order valence-electron chi connectivity index (χ0n) is 10.4. The molecule has 0 heterocycles. The third kappa shape index (κ3) is 4.22. The fourth-order valence-corrected chi connectivity index (χ4v) is 1.35. The van der Waals surface area contributed by atoms with Crippen molar-refractivity contribution in [1.82, 2.24) is 5.43 Å². The van der Waals surface area contributed by atoms with Gasteiger partial charge in [-0.1, -0.05) is 13.0 Å². The Kier molecular flexibility index (Phi) is 5.74. The molecule has 1 rings (SSSR count). The first-order chi connectivity index (χ1) is 9.10. The van der Waals surface area contributed by atoms with Crippen molar-refractivity contribution in [1.29, 1.82) is 0 Å². The van der Waals surface area contributed by atoms with Gasteiger partial charge in [0.25, 0.3) is 0 Å². The van der Waals surface area contributed by atoms with E-state index in [-0.39, 0.29) is 22.3 Å². The molecular weight excluding hydrogens is 266 g/mol. The van der Waals surface area contributed by atoms with Crippen LogP contribution in [0.3, 0.4) is 0 Å². The van der Waals surface area contributed by atoms with Gasteiger partial charge in [-0.2, -0.15) is 0 Å². The Balaban J connectivity index is 3.12. The summed E-state index contributed by atoms with van der Waals surface area (Å²) in [7, 11) is 0. The highest BCUT2D eigenvalue weighted by atomic mass is 32.1. The Morgan fingerprint density at radius 3 is 2.95 bits per heavy atom. The summed E-state index contributed by atoms with van der Waals surface area (Å²) in [4.78, 5) is 10.8. The number of ether oxygens (including phenoxy) is 1. The molecule has 0 atom stereocenters. The minimum atomic E-state index is -0.197. The van der Waals surface area contributed by atoms with E-state index in [0.717, 1.165) is 6.42 Å². The highest BCUT2D eigenvalue weighted by Gasteiger charge is 2.13. The van der Waals surface area contributed by atoms with Crippen molar-refractivity contribution < 1.29 is 14.6 Å². The molecule has 102 valence electrons. The summed E-state index contributed by atoms with van der Waals surface area (Å²) in [6, 6.07) is 4.69. The van der Waals surface area contributed by atoms with Gasteiger partial charge in [0, 0.05) is 0 Å². The largest absolute Gasteiger partial charge is 0.506 e. The number of rotatable bonds is 5. The number of benzene rings is 1. The van der Waals surface area contributed by atoms with E-state index in [1.807, 2.05) is 6.92 Å². The lowest BCUT2D eigenvalue weighted by atomic mass is 10.1. The van der Waals surface area contributed by atoms with E-state index in [0.29, 0.717) is 18.5 Å². The second-order valence-electron chi connectivity index (χ2n) is 3.60. The molecule has 0 aliphatic carbocycles. The Labute approximate surface area is 116 Å². The lowest BCUT2D eigenvalue weighted by molar-refractivity contribution is 0.112. The molecule has 0 bridgehead atoms. The molecule has 4 N–H and O–H groups in total. The Morgan fingerprint density at radius 1 is 1.63 bits per heavy atom. The normalized spacial score (nSPS) is 10.9. The number of carbonyl (C=O) groups is 1. The van der Waals surface area contributed by atoms with Crippen molar-refractivity contribution >= 4 is 29.5 Å². The SMILES string of the molecule is CCCOC(=NNC(N)=S)c1cccc(C=O)c1O. The predicted octanol–water partition coefficient (Wildman–Crippen LogP) is 1.13. The minimum Gasteiger partial charge on any atom is -0.506 e. The third-order valence-electron chi connectivity index (χ3n) is 2.14. The van der Waals surface area contributed by atoms with E-state index in [2.05, 4.69) is 22.7 Å². The van der Waals surface area contributed by atoms with Gasteiger partial charge in [-0.15, -0.1) is 5.10 Å². The van der Waals surface area contributed by atoms with Crippen molar-refractivity contribution in [2.45, 2.75) is 13.3 Å². The molecule has 1 aromatic rings. The molecule has 7 heteroatoms. The van der Waals surface area contributed by atoms with Gasteiger partial charge >= 0.3 is 0 Å². The number of phenolic OH excluding ortho intramolecular Hbond substituents is 1. The highest BCUT2D eigenvalue weighted by molar-refractivity contribution is 7.80. The van der Waals surface area contributed by atoms with Crippen LogP contribution in [0.5, 0.6) is 5.75 Å². The number of phenols is 1. The third-order valence-corrected chi connectivity index (χ3v) is 2.23. The van der Waals surface area contributed by atoms with Gasteiger partial charge in [0.1, 0.15) is 5.75 Å². The minimum absolute atomic E-state index is 0.0244. The number of nitrogens with zero attached hydrogens (tertiary/aromatic N) is 1. The number of hydrogen-bond donors (Lipinski definition) is 3. The molecule has 0 aliphatic rings. The van der Waals surface area contributed by atoms with E-state index in [4.69, 9.17) is 10.5 Å². The average Bonchev–Trinajstić information content (AvgIpc) is 2.39. The van der Waals surface area contributed by atoms with E-state index >= 15 is 0 Å². The zero-order valence-corrected chi connectivity index (χ0v) is 11.2. The molecule has 0 saturated carbocycles. The summed E-state index contributed by atoms with van der Waals surface area (Å²) in [6.45, 7) is 2.34. The number of hydrazone groups is 1. The highest BCUT2D eigenvalue weighted by Crippen LogP contribution is 2.22. The molecule has 0 aromatic heterocycles. The molecule has 0 amide bonds. The van der Waals surface area contributed by atoms with E-state index in [1.165, 1.54) is 6.07 Å². The number of thiocarbonyl (C=S) groups is 1. The maximum atomic E-state index is 10.8. The molecular formula is C12H15N3O3S. The number of nitrogens with one attached hydrogen (secondary N) is 1. The molecule has 0 fully saturated rings. The predicted molar refractivity (Wildman–Crippen MR) is 76.2 cm³/mol. The van der Waals surface area contributed by atoms with Gasteiger partial charge in [-0.05, 0) is 30.8 Å². The molecule has 6 nitrogen and oxygen atoms in total. The summed E-state index contributed by atoms with van der Waals surface area (Å²) in [6.07, 6.45) is 1.32. The summed E-state index contributed by atoms with van der Waals surface area (Å²) in [5, 5.41) is 13.8. The van der Waals surface area contributed by atoms with Crippen LogP contribution in [0.4, 0.5) is 0 Å². The Morgan fingerprint density at radius 2 is 2.37 bits per heavy atom. The van der Waals surface area contributed by atoms with Gasteiger partial charge < -0.3 is 15.6 Å². The summed E-state index contributed by atoms with van der Waals surface area (Å²) in [5.74, 6) is -0.0760. The molecule has 0 radical (unpaired) electrons. The Bertz CT molecular complexity index is 503. The first-order valence-electron chi connectivity index (χ1n) is 5.63. The molecule has 0 aliphatic heterocycles. The first kappa shape index (κ1) is 14.9. The van der Waals surface area contributed by atoms with E-state index < -0.39 is 0 Å². The summed E-state index contributed by atoms with van der Waals surface area (Å²) >= 11 is 4.64. The van der Waals surface area contributed by atoms with Crippen molar-refractivity contribution in [3.8, 4) is 5.75 Å². The van der Waals surface area contributed by atoms with Crippen LogP contribution in [0, 0.1) is 0 Å². The topological polar surface area (TPSA) is 96.9 Å². The summed E-state index contributed by atoms with van der Waals surface area (Å²) < 4.78 is 5.40. The van der Waals surface area contributed by atoms with Crippen LogP contribution < -0.4 is 11.2 Å². The number of para-hydroxylation sites is 1. The second-order valence-corrected chi connectivity index (χ2v) is 4.04. The molecule has 19 heavy (non-hydrogen) atoms. The number of carbonyl (C=O) groups excluding carboxylic acids is 1. The maximum Gasteiger partial charge on any atom is 0.242 e. The van der Waals surface area contributed by atoms with Crippen LogP contribution in [0.1, 0.15) is 29.3 Å². The number of nitrogens with two attached hydrogens (primary N) is 1. The van der Waals surface area contributed by atoms with Crippen LogP contribution in [0.15, 0.2) is 23.3 Å². The second kappa shape index (κ2) is 7.32. The van der Waals surface area contributed by atoms with Crippen molar-refractivity contribution in [3.63, 3.8) is 0 Å². The standard InChI is InChI=1S/C12H15N3O3S/c1-2-6-18-11(14-15-12(13)19)9-5-3-4-8(7-16)10(9)17/h3-5,7,17H,2,6H2,1H3,(H3,13,15,19).